The maximum absolute atomic E-state index is 12.5. The van der Waals surface area contributed by atoms with Crippen LogP contribution in [0.3, 0.4) is 0 Å². The second-order valence-corrected chi connectivity index (χ2v) is 9.34. The van der Waals surface area contributed by atoms with Gasteiger partial charge >= 0.3 is 5.91 Å². The Balaban J connectivity index is 1.24. The fraction of sp³-hybridized carbons (Fsp3) is 0.0400. The van der Waals surface area contributed by atoms with Crippen LogP contribution in [-0.2, 0) is 10.0 Å². The molecule has 5 rings (SSSR count). The van der Waals surface area contributed by atoms with Crippen molar-refractivity contribution >= 4 is 39.1 Å². The predicted octanol–water partition coefficient (Wildman–Crippen LogP) is 4.36. The molecule has 3 aromatic heterocycles. The van der Waals surface area contributed by atoms with Gasteiger partial charge in [0.1, 0.15) is 17.1 Å². The van der Waals surface area contributed by atoms with Gasteiger partial charge in [0.15, 0.2) is 5.76 Å². The minimum atomic E-state index is -3.84. The first kappa shape index (κ1) is 23.0. The molecule has 0 radical (unpaired) electrons. The van der Waals surface area contributed by atoms with Crippen LogP contribution in [0.2, 0.25) is 0 Å². The van der Waals surface area contributed by atoms with Crippen molar-refractivity contribution in [3.05, 3.63) is 96.2 Å². The van der Waals surface area contributed by atoms with Crippen LogP contribution in [0.25, 0.3) is 22.3 Å². The third kappa shape index (κ3) is 4.72. The van der Waals surface area contributed by atoms with Gasteiger partial charge in [-0.3, -0.25) is 4.79 Å². The molecule has 1 amide bonds. The molecule has 0 saturated carbocycles. The minimum absolute atomic E-state index is 0.0147. The number of sulfonamides is 1. The Morgan fingerprint density at radius 2 is 1.69 bits per heavy atom. The summed E-state index contributed by atoms with van der Waals surface area (Å²) in [6.45, 7) is 1.81. The Kier molecular flexibility index (Phi) is 6.05. The molecular weight excluding hydrogens is 482 g/mol. The molecule has 0 aliphatic rings. The summed E-state index contributed by atoms with van der Waals surface area (Å²) in [6, 6.07) is 18.5. The van der Waals surface area contributed by atoms with E-state index >= 15 is 0 Å². The van der Waals surface area contributed by atoms with Gasteiger partial charge in [-0.05, 0) is 55.5 Å². The topological polar surface area (TPSA) is 140 Å². The molecule has 0 aliphatic carbocycles. The molecule has 0 atom stereocenters. The predicted molar refractivity (Wildman–Crippen MR) is 133 cm³/mol. The molecule has 180 valence electrons. The molecule has 5 aromatic rings. The van der Waals surface area contributed by atoms with Crippen molar-refractivity contribution in [2.24, 2.45) is 5.10 Å². The molecule has 0 bridgehead atoms. The monoisotopic (exact) mass is 501 g/mol. The van der Waals surface area contributed by atoms with Gasteiger partial charge in [-0.25, -0.2) is 28.5 Å². The summed E-state index contributed by atoms with van der Waals surface area (Å²) in [5.74, 6) is 0.597. The average molecular weight is 502 g/mol. The molecule has 0 fully saturated rings. The second-order valence-electron chi connectivity index (χ2n) is 7.66. The van der Waals surface area contributed by atoms with Crippen LogP contribution >= 0.6 is 0 Å². The molecule has 0 saturated heterocycles. The molecule has 0 aliphatic heterocycles. The summed E-state index contributed by atoms with van der Waals surface area (Å²) in [6.07, 6.45) is 4.25. The molecule has 2 N–H and O–H groups in total. The number of anilines is 1. The van der Waals surface area contributed by atoms with Crippen LogP contribution in [0.5, 0.6) is 0 Å². The summed E-state index contributed by atoms with van der Waals surface area (Å²) in [5, 5.41) is 4.81. The van der Waals surface area contributed by atoms with E-state index in [2.05, 4.69) is 25.2 Å². The Hall–Kier alpha value is -4.77. The highest BCUT2D eigenvalue weighted by Crippen LogP contribution is 2.25. The number of aromatic nitrogens is 2. The Morgan fingerprint density at radius 3 is 2.44 bits per heavy atom. The van der Waals surface area contributed by atoms with Gasteiger partial charge in [0, 0.05) is 28.9 Å². The number of nitrogens with zero attached hydrogens (tertiary/aromatic N) is 3. The van der Waals surface area contributed by atoms with Gasteiger partial charge in [-0.2, -0.15) is 5.10 Å². The standard InChI is InChI=1S/C25H19N5O5S/c1-16-20-5-2-3-6-22(20)35-23(16)24(31)29-28-15-18-9-12-21(34-18)17-7-10-19(11-8-17)36(32,33)30-25-26-13-4-14-27-25/h2-15H,1H3,(H,29,31)(H,26,27,30)/b28-15-. The number of rotatable bonds is 7. The highest BCUT2D eigenvalue weighted by Gasteiger charge is 2.17. The minimum Gasteiger partial charge on any atom is -0.455 e. The lowest BCUT2D eigenvalue weighted by atomic mass is 10.1. The first-order valence-corrected chi connectivity index (χ1v) is 12.2. The number of aryl methyl sites for hydroxylation is 1. The molecule has 0 unspecified atom stereocenters. The number of hydrogen-bond donors (Lipinski definition) is 2. The van der Waals surface area contributed by atoms with Crippen molar-refractivity contribution in [3.63, 3.8) is 0 Å². The van der Waals surface area contributed by atoms with Crippen molar-refractivity contribution in [1.82, 2.24) is 15.4 Å². The molecule has 3 heterocycles. The van der Waals surface area contributed by atoms with E-state index in [-0.39, 0.29) is 16.6 Å². The first-order chi connectivity index (χ1) is 17.4. The Labute approximate surface area is 205 Å². The quantitative estimate of drug-likeness (QED) is 0.249. The molecule has 11 heteroatoms. The molecule has 2 aromatic carbocycles. The molecular formula is C25H19N5O5S. The van der Waals surface area contributed by atoms with E-state index in [1.54, 1.807) is 36.4 Å². The SMILES string of the molecule is Cc1c(C(=O)N/N=C\c2ccc(-c3ccc(S(=O)(=O)Nc4ncccn4)cc3)o2)oc2ccccc12. The molecule has 10 nitrogen and oxygen atoms in total. The van der Waals surface area contributed by atoms with E-state index in [0.29, 0.717) is 22.7 Å². The Bertz CT molecular complexity index is 1670. The lowest BCUT2D eigenvalue weighted by molar-refractivity contribution is 0.0928. The van der Waals surface area contributed by atoms with Crippen LogP contribution in [0.1, 0.15) is 21.9 Å². The van der Waals surface area contributed by atoms with E-state index in [1.165, 1.54) is 30.7 Å². The van der Waals surface area contributed by atoms with Crippen LogP contribution < -0.4 is 10.1 Å². The zero-order valence-electron chi connectivity index (χ0n) is 18.9. The zero-order chi connectivity index (χ0) is 25.1. The van der Waals surface area contributed by atoms with Crippen molar-refractivity contribution < 1.29 is 22.0 Å². The first-order valence-electron chi connectivity index (χ1n) is 10.7. The molecule has 0 spiro atoms. The van der Waals surface area contributed by atoms with Crippen LogP contribution in [-0.4, -0.2) is 30.5 Å². The maximum Gasteiger partial charge on any atom is 0.307 e. The maximum atomic E-state index is 12.5. The van der Waals surface area contributed by atoms with E-state index in [1.807, 2.05) is 25.1 Å². The van der Waals surface area contributed by atoms with Gasteiger partial charge in [0.2, 0.25) is 5.95 Å². The van der Waals surface area contributed by atoms with Gasteiger partial charge in [0.05, 0.1) is 11.1 Å². The number of hydrazone groups is 1. The number of benzene rings is 2. The van der Waals surface area contributed by atoms with Crippen molar-refractivity contribution in [1.29, 1.82) is 0 Å². The number of carbonyl (C=O) groups excluding carboxylic acids is 1. The normalized spacial score (nSPS) is 11.7. The zero-order valence-corrected chi connectivity index (χ0v) is 19.7. The number of para-hydroxylation sites is 1. The number of carbonyl (C=O) groups is 1. The molecule has 36 heavy (non-hydrogen) atoms. The van der Waals surface area contributed by atoms with Crippen molar-refractivity contribution in [3.8, 4) is 11.3 Å². The van der Waals surface area contributed by atoms with Crippen molar-refractivity contribution in [2.75, 3.05) is 4.72 Å². The lowest BCUT2D eigenvalue weighted by Gasteiger charge is -2.06. The van der Waals surface area contributed by atoms with E-state index < -0.39 is 15.9 Å². The third-order valence-corrected chi connectivity index (χ3v) is 6.62. The van der Waals surface area contributed by atoms with E-state index in [4.69, 9.17) is 8.83 Å². The summed E-state index contributed by atoms with van der Waals surface area (Å²) in [4.78, 5) is 20.2. The number of amides is 1. The average Bonchev–Trinajstić information content (AvgIpc) is 3.49. The number of hydrogen-bond acceptors (Lipinski definition) is 8. The smallest absolute Gasteiger partial charge is 0.307 e. The Morgan fingerprint density at radius 1 is 0.944 bits per heavy atom. The highest BCUT2D eigenvalue weighted by atomic mass is 32.2. The lowest BCUT2D eigenvalue weighted by Crippen LogP contribution is -2.17. The summed E-state index contributed by atoms with van der Waals surface area (Å²) in [5.41, 5.74) is 4.45. The van der Waals surface area contributed by atoms with Gasteiger partial charge in [0.25, 0.3) is 10.0 Å². The number of furan rings is 2. The summed E-state index contributed by atoms with van der Waals surface area (Å²) >= 11 is 0. The fourth-order valence-electron chi connectivity index (χ4n) is 3.50. The third-order valence-electron chi connectivity index (χ3n) is 5.28. The number of fused-ring (bicyclic) bond motifs is 1. The summed E-state index contributed by atoms with van der Waals surface area (Å²) < 4.78 is 38.7. The van der Waals surface area contributed by atoms with Gasteiger partial charge < -0.3 is 8.83 Å². The van der Waals surface area contributed by atoms with Crippen LogP contribution in [0.15, 0.2) is 98.0 Å². The van der Waals surface area contributed by atoms with Gasteiger partial charge in [-0.15, -0.1) is 0 Å². The number of nitrogens with one attached hydrogen (secondary N) is 2. The van der Waals surface area contributed by atoms with E-state index in [9.17, 15) is 13.2 Å². The second kappa shape index (κ2) is 9.47. The van der Waals surface area contributed by atoms with Gasteiger partial charge in [-0.1, -0.05) is 18.2 Å². The fourth-order valence-corrected chi connectivity index (χ4v) is 4.46. The van der Waals surface area contributed by atoms with Crippen LogP contribution in [0.4, 0.5) is 5.95 Å². The van der Waals surface area contributed by atoms with Crippen molar-refractivity contribution in [2.45, 2.75) is 11.8 Å². The van der Waals surface area contributed by atoms with Crippen LogP contribution in [0, 0.1) is 6.92 Å². The largest absolute Gasteiger partial charge is 0.455 e. The summed E-state index contributed by atoms with van der Waals surface area (Å²) in [7, 11) is -3.84. The highest BCUT2D eigenvalue weighted by molar-refractivity contribution is 7.92. The van der Waals surface area contributed by atoms with E-state index in [0.717, 1.165) is 10.9 Å².